The largest absolute Gasteiger partial charge is 0.326 e. The van der Waals surface area contributed by atoms with Gasteiger partial charge in [0.15, 0.2) is 5.78 Å². The van der Waals surface area contributed by atoms with Crippen molar-refractivity contribution in [3.63, 3.8) is 0 Å². The second-order valence-electron chi connectivity index (χ2n) is 7.22. The van der Waals surface area contributed by atoms with Crippen LogP contribution in [0.4, 0.5) is 10.1 Å². The van der Waals surface area contributed by atoms with Gasteiger partial charge >= 0.3 is 0 Å². The van der Waals surface area contributed by atoms with Gasteiger partial charge in [-0.3, -0.25) is 14.5 Å². The van der Waals surface area contributed by atoms with Crippen LogP contribution in [0.1, 0.15) is 22.3 Å². The lowest BCUT2D eigenvalue weighted by molar-refractivity contribution is -0.116. The first-order chi connectivity index (χ1) is 13.5. The number of ketones is 1. The molecule has 1 fully saturated rings. The van der Waals surface area contributed by atoms with E-state index in [1.165, 1.54) is 6.07 Å². The van der Waals surface area contributed by atoms with Gasteiger partial charge < -0.3 is 10.2 Å². The Morgan fingerprint density at radius 3 is 2.36 bits per heavy atom. The zero-order chi connectivity index (χ0) is 19.9. The summed E-state index contributed by atoms with van der Waals surface area (Å²) in [5, 5.41) is 2.80. The highest BCUT2D eigenvalue weighted by atomic mass is 19.1. The molecule has 1 aliphatic rings. The number of amides is 1. The van der Waals surface area contributed by atoms with Crippen molar-refractivity contribution >= 4 is 17.4 Å². The minimum absolute atomic E-state index is 0.0852. The first-order valence-electron chi connectivity index (χ1n) is 9.58. The number of aryl methyl sites for hydroxylation is 1. The molecule has 1 heterocycles. The molecule has 0 aromatic heterocycles. The Bertz CT molecular complexity index is 815. The smallest absolute Gasteiger partial charge is 0.224 e. The number of anilines is 1. The fraction of sp³-hybridized carbons (Fsp3) is 0.364. The first kappa shape index (κ1) is 20.2. The molecule has 0 spiro atoms. The Morgan fingerprint density at radius 1 is 1.00 bits per heavy atom. The van der Waals surface area contributed by atoms with Crippen molar-refractivity contribution in [3.05, 3.63) is 65.5 Å². The van der Waals surface area contributed by atoms with Gasteiger partial charge in [-0.2, -0.15) is 0 Å². The zero-order valence-electron chi connectivity index (χ0n) is 16.2. The van der Waals surface area contributed by atoms with Gasteiger partial charge in [-0.25, -0.2) is 4.39 Å². The molecule has 5 nitrogen and oxygen atoms in total. The summed E-state index contributed by atoms with van der Waals surface area (Å²) in [6.07, 6.45) is 0.547. The molecule has 28 heavy (non-hydrogen) atoms. The number of halogens is 1. The highest BCUT2D eigenvalue weighted by Crippen LogP contribution is 2.13. The molecule has 1 amide bonds. The Labute approximate surface area is 165 Å². The van der Waals surface area contributed by atoms with E-state index >= 15 is 0 Å². The van der Waals surface area contributed by atoms with Crippen LogP contribution in [0.2, 0.25) is 0 Å². The van der Waals surface area contributed by atoms with Crippen molar-refractivity contribution in [1.82, 2.24) is 9.80 Å². The highest BCUT2D eigenvalue weighted by Gasteiger charge is 2.17. The SMILES string of the molecule is CN1CCN(CC(=O)c2ccc(NC(=O)CCc3ccccc3F)cc2)CC1. The predicted molar refractivity (Wildman–Crippen MR) is 108 cm³/mol. The number of likely N-dealkylation sites (N-methyl/N-ethyl adjacent to an activating group) is 1. The minimum Gasteiger partial charge on any atom is -0.326 e. The summed E-state index contributed by atoms with van der Waals surface area (Å²) in [6.45, 7) is 4.18. The molecule has 3 rings (SSSR count). The Kier molecular flexibility index (Phi) is 6.90. The molecule has 1 saturated heterocycles. The van der Waals surface area contributed by atoms with Crippen LogP contribution in [0.5, 0.6) is 0 Å². The molecule has 0 atom stereocenters. The molecule has 2 aromatic rings. The molecule has 2 aromatic carbocycles. The number of nitrogens with zero attached hydrogens (tertiary/aromatic N) is 2. The summed E-state index contributed by atoms with van der Waals surface area (Å²) < 4.78 is 13.6. The molecule has 148 valence electrons. The second-order valence-corrected chi connectivity index (χ2v) is 7.22. The average Bonchev–Trinajstić information content (AvgIpc) is 2.69. The normalized spacial score (nSPS) is 15.4. The molecule has 0 radical (unpaired) electrons. The molecular weight excluding hydrogens is 357 g/mol. The van der Waals surface area contributed by atoms with E-state index in [4.69, 9.17) is 0 Å². The number of rotatable bonds is 7. The molecule has 1 aliphatic heterocycles. The fourth-order valence-corrected chi connectivity index (χ4v) is 3.21. The van der Waals surface area contributed by atoms with Gasteiger partial charge in [-0.1, -0.05) is 18.2 Å². The number of hydrogen-bond acceptors (Lipinski definition) is 4. The quantitative estimate of drug-likeness (QED) is 0.747. The van der Waals surface area contributed by atoms with E-state index in [2.05, 4.69) is 22.2 Å². The Balaban J connectivity index is 1.47. The van der Waals surface area contributed by atoms with E-state index in [0.29, 0.717) is 29.8 Å². The number of benzene rings is 2. The number of piperazine rings is 1. The van der Waals surface area contributed by atoms with Crippen LogP contribution in [0.3, 0.4) is 0 Å². The highest BCUT2D eigenvalue weighted by molar-refractivity contribution is 5.98. The van der Waals surface area contributed by atoms with Gasteiger partial charge in [0.2, 0.25) is 5.91 Å². The third kappa shape index (κ3) is 5.71. The first-order valence-corrected chi connectivity index (χ1v) is 9.58. The van der Waals surface area contributed by atoms with Crippen molar-refractivity contribution in [2.75, 3.05) is 45.1 Å². The van der Waals surface area contributed by atoms with E-state index in [9.17, 15) is 14.0 Å². The van der Waals surface area contributed by atoms with Crippen molar-refractivity contribution in [2.24, 2.45) is 0 Å². The lowest BCUT2D eigenvalue weighted by Gasteiger charge is -2.31. The Morgan fingerprint density at radius 2 is 1.68 bits per heavy atom. The van der Waals surface area contributed by atoms with Gasteiger partial charge in [-0.15, -0.1) is 0 Å². The van der Waals surface area contributed by atoms with E-state index < -0.39 is 0 Å². The molecule has 0 bridgehead atoms. The summed E-state index contributed by atoms with van der Waals surface area (Å²) >= 11 is 0. The number of nitrogens with one attached hydrogen (secondary N) is 1. The molecule has 0 saturated carbocycles. The summed E-state index contributed by atoms with van der Waals surface area (Å²) in [5.41, 5.74) is 1.81. The molecule has 0 unspecified atom stereocenters. The average molecular weight is 383 g/mol. The third-order valence-corrected chi connectivity index (χ3v) is 5.03. The van der Waals surface area contributed by atoms with Crippen LogP contribution >= 0.6 is 0 Å². The van der Waals surface area contributed by atoms with Gasteiger partial charge in [0.1, 0.15) is 5.82 Å². The van der Waals surface area contributed by atoms with Crippen LogP contribution in [0.25, 0.3) is 0 Å². The second kappa shape index (κ2) is 9.57. The van der Waals surface area contributed by atoms with Gasteiger partial charge in [0, 0.05) is 43.9 Å². The zero-order valence-corrected chi connectivity index (χ0v) is 16.2. The van der Waals surface area contributed by atoms with Crippen molar-refractivity contribution in [3.8, 4) is 0 Å². The number of Topliss-reactive ketones (excluding diaryl/α,β-unsaturated/α-hetero) is 1. The van der Waals surface area contributed by atoms with Crippen LogP contribution in [-0.4, -0.2) is 61.3 Å². The van der Waals surface area contributed by atoms with E-state index in [0.717, 1.165) is 26.2 Å². The summed E-state index contributed by atoms with van der Waals surface area (Å²) in [4.78, 5) is 29.0. The van der Waals surface area contributed by atoms with Gasteiger partial charge in [0.25, 0.3) is 0 Å². The molecule has 0 aliphatic carbocycles. The summed E-state index contributed by atoms with van der Waals surface area (Å²) in [5.74, 6) is -0.389. The molecule has 1 N–H and O–H groups in total. The van der Waals surface area contributed by atoms with Crippen LogP contribution < -0.4 is 5.32 Å². The fourth-order valence-electron chi connectivity index (χ4n) is 3.21. The number of carbonyl (C=O) groups excluding carboxylic acids is 2. The summed E-state index contributed by atoms with van der Waals surface area (Å²) in [6, 6.07) is 13.4. The van der Waals surface area contributed by atoms with E-state index in [-0.39, 0.29) is 23.9 Å². The standard InChI is InChI=1S/C22H26FN3O2/c1-25-12-14-26(15-13-25)16-21(27)18-6-9-19(10-7-18)24-22(28)11-8-17-4-2-3-5-20(17)23/h2-7,9-10H,8,11-16H2,1H3,(H,24,28). The lowest BCUT2D eigenvalue weighted by Crippen LogP contribution is -2.46. The van der Waals surface area contributed by atoms with Crippen molar-refractivity contribution < 1.29 is 14.0 Å². The maximum atomic E-state index is 13.6. The molecular formula is C22H26FN3O2. The predicted octanol–water partition coefficient (Wildman–Crippen LogP) is 2.83. The third-order valence-electron chi connectivity index (χ3n) is 5.03. The van der Waals surface area contributed by atoms with E-state index in [1.807, 2.05) is 0 Å². The topological polar surface area (TPSA) is 52.6 Å². The number of carbonyl (C=O) groups is 2. The number of hydrogen-bond donors (Lipinski definition) is 1. The van der Waals surface area contributed by atoms with E-state index in [1.54, 1.807) is 42.5 Å². The summed E-state index contributed by atoms with van der Waals surface area (Å²) in [7, 11) is 2.09. The Hall–Kier alpha value is -2.57. The lowest BCUT2D eigenvalue weighted by atomic mass is 10.1. The van der Waals surface area contributed by atoms with Crippen molar-refractivity contribution in [2.45, 2.75) is 12.8 Å². The van der Waals surface area contributed by atoms with Gasteiger partial charge in [0.05, 0.1) is 6.54 Å². The van der Waals surface area contributed by atoms with Crippen LogP contribution in [0, 0.1) is 5.82 Å². The maximum absolute atomic E-state index is 13.6. The molecule has 6 heteroatoms. The monoisotopic (exact) mass is 383 g/mol. The maximum Gasteiger partial charge on any atom is 0.224 e. The van der Waals surface area contributed by atoms with Crippen LogP contribution in [0.15, 0.2) is 48.5 Å². The van der Waals surface area contributed by atoms with Crippen LogP contribution in [-0.2, 0) is 11.2 Å². The van der Waals surface area contributed by atoms with Crippen molar-refractivity contribution in [1.29, 1.82) is 0 Å². The minimum atomic E-state index is -0.293. The van der Waals surface area contributed by atoms with Gasteiger partial charge in [-0.05, 0) is 49.4 Å².